The predicted octanol–water partition coefficient (Wildman–Crippen LogP) is 2.23. The number of nitrogens with one attached hydrogen (secondary N) is 1. The molecule has 2 aromatic rings. The number of benzene rings is 1. The number of nitrogen functional groups attached to an aromatic ring is 1. The van der Waals surface area contributed by atoms with Crippen LogP contribution in [0.1, 0.15) is 0 Å². The number of nitrogens with two attached hydrogens (primary N) is 1. The van der Waals surface area contributed by atoms with Crippen molar-refractivity contribution in [3.05, 3.63) is 30.3 Å². The lowest BCUT2D eigenvalue weighted by atomic mass is 10.1. The minimum atomic E-state index is 0.361. The molecule has 1 aromatic heterocycles. The standard InChI is InChI=1S/C10H8N4S/c11-6-15-9-8(13-14-10(9)12)7-4-2-1-3-5-7/h1-5H,(H3,12,13,14). The fourth-order valence-corrected chi connectivity index (χ4v) is 1.80. The Labute approximate surface area is 91.1 Å². The molecule has 15 heavy (non-hydrogen) atoms. The molecule has 0 aliphatic carbocycles. The van der Waals surface area contributed by atoms with Gasteiger partial charge in [-0.25, -0.2) is 0 Å². The van der Waals surface area contributed by atoms with E-state index >= 15 is 0 Å². The number of anilines is 1. The van der Waals surface area contributed by atoms with Gasteiger partial charge < -0.3 is 5.73 Å². The van der Waals surface area contributed by atoms with Crippen molar-refractivity contribution in [2.45, 2.75) is 4.90 Å². The van der Waals surface area contributed by atoms with Crippen molar-refractivity contribution in [2.75, 3.05) is 5.73 Å². The van der Waals surface area contributed by atoms with Gasteiger partial charge in [-0.05, 0) is 11.8 Å². The number of hydrogen-bond acceptors (Lipinski definition) is 4. The van der Waals surface area contributed by atoms with E-state index in [0.717, 1.165) is 23.0 Å². The zero-order valence-electron chi connectivity index (χ0n) is 7.77. The second-order valence-corrected chi connectivity index (χ2v) is 3.67. The third-order valence-corrected chi connectivity index (χ3v) is 2.67. The maximum absolute atomic E-state index is 8.65. The van der Waals surface area contributed by atoms with Gasteiger partial charge >= 0.3 is 0 Å². The van der Waals surface area contributed by atoms with Gasteiger partial charge in [0.25, 0.3) is 0 Å². The van der Waals surface area contributed by atoms with E-state index in [2.05, 4.69) is 10.2 Å². The Morgan fingerprint density at radius 3 is 2.73 bits per heavy atom. The summed E-state index contributed by atoms with van der Waals surface area (Å²) >= 11 is 1.02. The van der Waals surface area contributed by atoms with Crippen LogP contribution >= 0.6 is 11.8 Å². The van der Waals surface area contributed by atoms with Crippen LogP contribution in [0.15, 0.2) is 35.2 Å². The van der Waals surface area contributed by atoms with Crippen molar-refractivity contribution in [1.82, 2.24) is 10.2 Å². The van der Waals surface area contributed by atoms with Gasteiger partial charge in [0.15, 0.2) is 5.82 Å². The highest BCUT2D eigenvalue weighted by atomic mass is 32.2. The highest BCUT2D eigenvalue weighted by Gasteiger charge is 2.12. The first-order valence-corrected chi connectivity index (χ1v) is 5.09. The minimum absolute atomic E-state index is 0.361. The average Bonchev–Trinajstić information content (AvgIpc) is 2.63. The second-order valence-electron chi connectivity index (χ2n) is 2.87. The van der Waals surface area contributed by atoms with E-state index in [9.17, 15) is 0 Å². The van der Waals surface area contributed by atoms with Crippen LogP contribution in [0.5, 0.6) is 0 Å². The third kappa shape index (κ3) is 1.80. The van der Waals surface area contributed by atoms with Gasteiger partial charge in [0.2, 0.25) is 0 Å². The number of nitriles is 1. The number of thiocyanates is 1. The summed E-state index contributed by atoms with van der Waals surface area (Å²) in [5.74, 6) is 0.361. The van der Waals surface area contributed by atoms with Crippen molar-refractivity contribution < 1.29 is 0 Å². The molecule has 4 nitrogen and oxygen atoms in total. The molecule has 0 bridgehead atoms. The molecule has 0 saturated heterocycles. The number of aromatic amines is 1. The van der Waals surface area contributed by atoms with Crippen LogP contribution in [-0.4, -0.2) is 10.2 Å². The molecule has 0 unspecified atom stereocenters. The van der Waals surface area contributed by atoms with Crippen molar-refractivity contribution in [3.63, 3.8) is 0 Å². The molecule has 0 aliphatic rings. The second kappa shape index (κ2) is 4.07. The van der Waals surface area contributed by atoms with Crippen LogP contribution in [-0.2, 0) is 0 Å². The average molecular weight is 216 g/mol. The Morgan fingerprint density at radius 1 is 1.33 bits per heavy atom. The Balaban J connectivity index is 2.50. The molecular weight excluding hydrogens is 208 g/mol. The fraction of sp³-hybridized carbons (Fsp3) is 0. The Hall–Kier alpha value is -1.93. The van der Waals surface area contributed by atoms with E-state index in [1.807, 2.05) is 35.7 Å². The third-order valence-electron chi connectivity index (χ3n) is 1.96. The highest BCUT2D eigenvalue weighted by molar-refractivity contribution is 8.04. The smallest absolute Gasteiger partial charge is 0.160 e. The lowest BCUT2D eigenvalue weighted by Gasteiger charge is -1.98. The van der Waals surface area contributed by atoms with Crippen molar-refractivity contribution in [2.24, 2.45) is 0 Å². The molecule has 0 saturated carbocycles. The van der Waals surface area contributed by atoms with Gasteiger partial charge in [0.1, 0.15) is 5.40 Å². The van der Waals surface area contributed by atoms with E-state index < -0.39 is 0 Å². The molecule has 74 valence electrons. The zero-order chi connectivity index (χ0) is 10.7. The lowest BCUT2D eigenvalue weighted by Crippen LogP contribution is -1.85. The molecule has 1 aromatic carbocycles. The summed E-state index contributed by atoms with van der Waals surface area (Å²) in [5, 5.41) is 17.4. The first kappa shape index (κ1) is 9.62. The topological polar surface area (TPSA) is 78.5 Å². The normalized spacial score (nSPS) is 9.80. The van der Waals surface area contributed by atoms with Gasteiger partial charge in [0.05, 0.1) is 10.6 Å². The lowest BCUT2D eigenvalue weighted by molar-refractivity contribution is 1.10. The molecule has 0 amide bonds. The van der Waals surface area contributed by atoms with Crippen LogP contribution in [0.25, 0.3) is 11.3 Å². The maximum Gasteiger partial charge on any atom is 0.160 e. The zero-order valence-corrected chi connectivity index (χ0v) is 8.58. The Morgan fingerprint density at radius 2 is 2.07 bits per heavy atom. The SMILES string of the molecule is N#CSc1c(N)n[nH]c1-c1ccccc1. The van der Waals surface area contributed by atoms with Gasteiger partial charge in [-0.3, -0.25) is 5.10 Å². The van der Waals surface area contributed by atoms with Gasteiger partial charge in [0, 0.05) is 5.56 Å². The van der Waals surface area contributed by atoms with E-state index in [-0.39, 0.29) is 0 Å². The summed E-state index contributed by atoms with van der Waals surface area (Å²) in [6, 6.07) is 9.66. The Kier molecular flexibility index (Phi) is 2.61. The molecular formula is C10H8N4S. The number of hydrogen-bond donors (Lipinski definition) is 2. The largest absolute Gasteiger partial charge is 0.381 e. The van der Waals surface area contributed by atoms with Crippen LogP contribution in [0.4, 0.5) is 5.82 Å². The number of thioether (sulfide) groups is 1. The summed E-state index contributed by atoms with van der Waals surface area (Å²) in [4.78, 5) is 0.684. The van der Waals surface area contributed by atoms with Crippen LogP contribution < -0.4 is 5.73 Å². The summed E-state index contributed by atoms with van der Waals surface area (Å²) < 4.78 is 0. The van der Waals surface area contributed by atoms with E-state index in [0.29, 0.717) is 10.7 Å². The molecule has 0 aliphatic heterocycles. The van der Waals surface area contributed by atoms with E-state index in [4.69, 9.17) is 11.0 Å². The summed E-state index contributed by atoms with van der Waals surface area (Å²) in [6.07, 6.45) is 0. The first-order valence-electron chi connectivity index (χ1n) is 4.28. The van der Waals surface area contributed by atoms with Gasteiger partial charge in [-0.1, -0.05) is 30.3 Å². The molecule has 5 heteroatoms. The van der Waals surface area contributed by atoms with Crippen LogP contribution in [0, 0.1) is 10.7 Å². The highest BCUT2D eigenvalue weighted by Crippen LogP contribution is 2.32. The fourth-order valence-electron chi connectivity index (χ4n) is 1.30. The van der Waals surface area contributed by atoms with Gasteiger partial charge in [-0.15, -0.1) is 0 Å². The van der Waals surface area contributed by atoms with Crippen molar-refractivity contribution in [1.29, 1.82) is 5.26 Å². The predicted molar refractivity (Wildman–Crippen MR) is 59.9 cm³/mol. The molecule has 0 radical (unpaired) electrons. The molecule has 1 heterocycles. The molecule has 0 fully saturated rings. The number of rotatable bonds is 2. The van der Waals surface area contributed by atoms with Crippen molar-refractivity contribution >= 4 is 17.6 Å². The monoisotopic (exact) mass is 216 g/mol. The molecule has 2 rings (SSSR count). The number of aromatic nitrogens is 2. The van der Waals surface area contributed by atoms with E-state index in [1.54, 1.807) is 0 Å². The summed E-state index contributed by atoms with van der Waals surface area (Å²) in [5.41, 5.74) is 7.41. The summed E-state index contributed by atoms with van der Waals surface area (Å²) in [6.45, 7) is 0. The first-order chi connectivity index (χ1) is 7.33. The van der Waals surface area contributed by atoms with Crippen molar-refractivity contribution in [3.8, 4) is 16.7 Å². The molecule has 3 N–H and O–H groups in total. The number of nitrogens with zero attached hydrogens (tertiary/aromatic N) is 2. The van der Waals surface area contributed by atoms with Crippen LogP contribution in [0.2, 0.25) is 0 Å². The maximum atomic E-state index is 8.65. The minimum Gasteiger partial charge on any atom is -0.381 e. The molecule has 0 spiro atoms. The summed E-state index contributed by atoms with van der Waals surface area (Å²) in [7, 11) is 0. The molecule has 0 atom stereocenters. The Bertz CT molecular complexity index is 498. The van der Waals surface area contributed by atoms with Gasteiger partial charge in [-0.2, -0.15) is 10.4 Å². The number of H-pyrrole nitrogens is 1. The quantitative estimate of drug-likeness (QED) is 0.596. The van der Waals surface area contributed by atoms with Crippen LogP contribution in [0.3, 0.4) is 0 Å². The van der Waals surface area contributed by atoms with E-state index in [1.165, 1.54) is 0 Å².